The van der Waals surface area contributed by atoms with Crippen LogP contribution in [0.25, 0.3) is 49.4 Å². The highest BCUT2D eigenvalue weighted by molar-refractivity contribution is 6.16. The van der Waals surface area contributed by atoms with Crippen molar-refractivity contribution < 1.29 is 10.2 Å². The number of aliphatic hydroxyl groups is 2. The highest BCUT2D eigenvalue weighted by atomic mass is 16.3. The molecular weight excluding hydrogens is 424 g/mol. The Hall–Kier alpha value is -4.55. The SMILES string of the molecule is N#CC(C#N)=c1c(=O)c2cc(-c3ccc(CO)cc3)cc3cc(-c4ccc(CO)cc4)cc1c32. The number of nitriles is 2. The van der Waals surface area contributed by atoms with Gasteiger partial charge in [0.25, 0.3) is 0 Å². The number of hydrogen-bond donors (Lipinski definition) is 2. The fraction of sp³-hybridized carbons (Fsp3) is 0.0690. The lowest BCUT2D eigenvalue weighted by atomic mass is 9.94. The van der Waals surface area contributed by atoms with Gasteiger partial charge in [0.15, 0.2) is 5.43 Å². The number of nitrogens with zero attached hydrogens (tertiary/aromatic N) is 2. The van der Waals surface area contributed by atoms with Crippen LogP contribution in [0.4, 0.5) is 0 Å². The molecule has 2 N–H and O–H groups in total. The van der Waals surface area contributed by atoms with E-state index >= 15 is 0 Å². The van der Waals surface area contributed by atoms with E-state index in [0.717, 1.165) is 44.2 Å². The number of aliphatic hydroxyl groups excluding tert-OH is 2. The van der Waals surface area contributed by atoms with Crippen LogP contribution < -0.4 is 10.6 Å². The maximum Gasteiger partial charge on any atom is 0.196 e. The van der Waals surface area contributed by atoms with Gasteiger partial charge in [-0.15, -0.1) is 0 Å². The summed E-state index contributed by atoms with van der Waals surface area (Å²) in [6.07, 6.45) is 0. The lowest BCUT2D eigenvalue weighted by molar-refractivity contribution is 0.281. The first-order valence-electron chi connectivity index (χ1n) is 10.7. The van der Waals surface area contributed by atoms with Crippen molar-refractivity contribution in [1.82, 2.24) is 0 Å². The van der Waals surface area contributed by atoms with Crippen molar-refractivity contribution >= 4 is 27.1 Å². The summed E-state index contributed by atoms with van der Waals surface area (Å²) in [5.41, 5.74) is 4.49. The second kappa shape index (κ2) is 8.42. The molecule has 5 aromatic rings. The molecule has 5 aromatic carbocycles. The van der Waals surface area contributed by atoms with E-state index in [9.17, 15) is 25.5 Å². The maximum absolute atomic E-state index is 13.4. The van der Waals surface area contributed by atoms with Crippen LogP contribution in [0.2, 0.25) is 0 Å². The van der Waals surface area contributed by atoms with Crippen LogP contribution in [0.15, 0.2) is 77.6 Å². The third-order valence-electron chi connectivity index (χ3n) is 6.20. The van der Waals surface area contributed by atoms with Crippen LogP contribution in [0.1, 0.15) is 11.1 Å². The van der Waals surface area contributed by atoms with Crippen molar-refractivity contribution in [2.75, 3.05) is 0 Å². The van der Waals surface area contributed by atoms with E-state index in [4.69, 9.17) is 0 Å². The van der Waals surface area contributed by atoms with Gasteiger partial charge in [-0.3, -0.25) is 4.79 Å². The summed E-state index contributed by atoms with van der Waals surface area (Å²) in [6, 6.07) is 26.3. The van der Waals surface area contributed by atoms with E-state index in [1.54, 1.807) is 6.07 Å². The van der Waals surface area contributed by atoms with E-state index in [1.165, 1.54) is 0 Å². The largest absolute Gasteiger partial charge is 0.392 e. The molecule has 0 aliphatic heterocycles. The van der Waals surface area contributed by atoms with Gasteiger partial charge >= 0.3 is 0 Å². The van der Waals surface area contributed by atoms with Gasteiger partial charge < -0.3 is 10.2 Å². The quantitative estimate of drug-likeness (QED) is 0.437. The Morgan fingerprint density at radius 3 is 1.59 bits per heavy atom. The van der Waals surface area contributed by atoms with Gasteiger partial charge in [-0.1, -0.05) is 48.5 Å². The summed E-state index contributed by atoms with van der Waals surface area (Å²) >= 11 is 0. The molecule has 0 atom stereocenters. The summed E-state index contributed by atoms with van der Waals surface area (Å²) < 4.78 is 0. The lowest BCUT2D eigenvalue weighted by Gasteiger charge is -2.09. The molecule has 0 amide bonds. The zero-order valence-corrected chi connectivity index (χ0v) is 18.0. The molecule has 162 valence electrons. The Morgan fingerprint density at radius 2 is 1.15 bits per heavy atom. The Kier molecular flexibility index (Phi) is 5.28. The third-order valence-corrected chi connectivity index (χ3v) is 6.20. The molecule has 0 aromatic heterocycles. The molecule has 0 spiro atoms. The van der Waals surface area contributed by atoms with E-state index in [2.05, 4.69) is 0 Å². The minimum Gasteiger partial charge on any atom is -0.392 e. The Labute approximate surface area is 195 Å². The van der Waals surface area contributed by atoms with Crippen molar-refractivity contribution in [3.05, 3.63) is 99.4 Å². The van der Waals surface area contributed by atoms with Gasteiger partial charge in [0.2, 0.25) is 0 Å². The number of hydrogen-bond acceptors (Lipinski definition) is 5. The molecule has 5 nitrogen and oxygen atoms in total. The molecule has 0 aliphatic rings. The van der Waals surface area contributed by atoms with Crippen LogP contribution >= 0.6 is 0 Å². The normalized spacial score (nSPS) is 10.9. The molecule has 0 saturated carbocycles. The van der Waals surface area contributed by atoms with Crippen molar-refractivity contribution in [2.24, 2.45) is 0 Å². The summed E-state index contributed by atoms with van der Waals surface area (Å²) in [4.78, 5) is 13.4. The number of benzene rings is 4. The van der Waals surface area contributed by atoms with Crippen LogP contribution in [-0.4, -0.2) is 10.2 Å². The average molecular weight is 442 g/mol. The van der Waals surface area contributed by atoms with Crippen molar-refractivity contribution in [3.8, 4) is 34.4 Å². The van der Waals surface area contributed by atoms with Gasteiger partial charge in [0.05, 0.1) is 18.4 Å². The van der Waals surface area contributed by atoms with Crippen LogP contribution in [0, 0.1) is 22.7 Å². The van der Waals surface area contributed by atoms with Gasteiger partial charge in [-0.25, -0.2) is 0 Å². The topological polar surface area (TPSA) is 105 Å². The average Bonchev–Trinajstić information content (AvgIpc) is 3.17. The fourth-order valence-electron chi connectivity index (χ4n) is 4.47. The van der Waals surface area contributed by atoms with Gasteiger partial charge in [-0.05, 0) is 68.4 Å². The minimum absolute atomic E-state index is 0.0528. The zero-order chi connectivity index (χ0) is 23.8. The van der Waals surface area contributed by atoms with Crippen molar-refractivity contribution in [3.63, 3.8) is 0 Å². The molecule has 5 heteroatoms. The Balaban J connectivity index is 1.88. The molecule has 0 unspecified atom stereocenters. The molecule has 0 fully saturated rings. The summed E-state index contributed by atoms with van der Waals surface area (Å²) in [5.74, 6) is 0. The van der Waals surface area contributed by atoms with E-state index in [1.807, 2.05) is 78.9 Å². The first kappa shape index (κ1) is 21.3. The molecule has 0 radical (unpaired) electrons. The van der Waals surface area contributed by atoms with Crippen molar-refractivity contribution in [2.45, 2.75) is 13.2 Å². The number of rotatable bonds is 4. The Bertz CT molecular complexity index is 1720. The highest BCUT2D eigenvalue weighted by Gasteiger charge is 2.18. The van der Waals surface area contributed by atoms with E-state index in [0.29, 0.717) is 10.8 Å². The van der Waals surface area contributed by atoms with Gasteiger partial charge in [0.1, 0.15) is 17.7 Å². The summed E-state index contributed by atoms with van der Waals surface area (Å²) in [5, 5.41) is 40.5. The summed E-state index contributed by atoms with van der Waals surface area (Å²) in [6.45, 7) is -0.108. The first-order valence-corrected chi connectivity index (χ1v) is 10.7. The summed E-state index contributed by atoms with van der Waals surface area (Å²) in [7, 11) is 0. The highest BCUT2D eigenvalue weighted by Crippen LogP contribution is 2.34. The standard InChI is InChI=1S/C29H18N2O3/c30-13-24(14-31)28-25-11-21(19-5-1-17(15-32)2-6-19)9-23-10-22(12-26(27(23)25)29(28)34)20-7-3-18(16-33)4-8-20/h1-12,32-33H,15-16H2. The van der Waals surface area contributed by atoms with Crippen LogP contribution in [0.3, 0.4) is 0 Å². The van der Waals surface area contributed by atoms with Crippen LogP contribution in [0.5, 0.6) is 0 Å². The van der Waals surface area contributed by atoms with E-state index < -0.39 is 0 Å². The first-order chi connectivity index (χ1) is 16.6. The van der Waals surface area contributed by atoms with Crippen molar-refractivity contribution in [1.29, 1.82) is 10.5 Å². The molecule has 0 saturated heterocycles. The minimum atomic E-state index is -0.334. The molecule has 0 aliphatic carbocycles. The van der Waals surface area contributed by atoms with Gasteiger partial charge in [-0.2, -0.15) is 10.5 Å². The van der Waals surface area contributed by atoms with Crippen LogP contribution in [-0.2, 0) is 13.2 Å². The Morgan fingerprint density at radius 1 is 0.676 bits per heavy atom. The lowest BCUT2D eigenvalue weighted by Crippen LogP contribution is -2.21. The zero-order valence-electron chi connectivity index (χ0n) is 18.0. The van der Waals surface area contributed by atoms with E-state index in [-0.39, 0.29) is 29.4 Å². The van der Waals surface area contributed by atoms with Gasteiger partial charge in [0, 0.05) is 10.8 Å². The molecule has 5 rings (SSSR count). The third kappa shape index (κ3) is 3.37. The monoisotopic (exact) mass is 442 g/mol. The maximum atomic E-state index is 13.4. The second-order valence-electron chi connectivity index (χ2n) is 8.16. The fourth-order valence-corrected chi connectivity index (χ4v) is 4.47. The smallest absolute Gasteiger partial charge is 0.196 e. The molecule has 0 bridgehead atoms. The molecule has 0 heterocycles. The predicted molar refractivity (Wildman–Crippen MR) is 131 cm³/mol. The predicted octanol–water partition coefficient (Wildman–Crippen LogP) is 4.03. The second-order valence-corrected chi connectivity index (χ2v) is 8.16. The molecular formula is C29H18N2O3. The molecule has 34 heavy (non-hydrogen) atoms.